The molecular weight excluding hydrogens is 945 g/mol. The van der Waals surface area contributed by atoms with Crippen LogP contribution in [0.15, 0.2) is 24.3 Å². The number of aromatic hydroxyl groups is 1. The average molecular weight is 1010 g/mol. The number of benzene rings is 1. The number of amides is 8. The number of carboxylic acids is 3. The highest BCUT2D eigenvalue weighted by Crippen LogP contribution is 2.14. The standard InChI is InChI=1S/C43H68N10O16S/c1-22(2)17-29(39(64)52-30(18-24-8-10-25(55)11-9-24)40(65)50-28(43(68)69)7-5-6-15-44)51-37(62)26(12-13-34(58)59)49-41(66)31(19-35(60)61)53-38(63)27(14-16-70-4)48-33(57)21-46-32(56)20-47-42(67)36(45)23(3)54/h8-11,22-23,26-31,36,54-55H,5-7,12-21,44-45H2,1-4H3,(H,46,56)(H,47,67)(H,48,57)(H,49,66)(H,50,65)(H,51,62)(H,52,64)(H,53,63)(H,58,59)(H,60,61)(H,68,69)/t23-,26+,27+,28+,29+,30+,31+,36+/m1/s1. The summed E-state index contributed by atoms with van der Waals surface area (Å²) in [6.07, 6.45) is -1.39. The number of carbonyl (C=O) groups is 11. The third-order valence-corrected chi connectivity index (χ3v) is 10.8. The summed E-state index contributed by atoms with van der Waals surface area (Å²) in [6, 6.07) is -5.06. The zero-order valence-corrected chi connectivity index (χ0v) is 40.3. The van der Waals surface area contributed by atoms with Crippen LogP contribution in [0, 0.1) is 5.92 Å². The molecule has 0 fully saturated rings. The van der Waals surface area contributed by atoms with Gasteiger partial charge in [0.2, 0.25) is 47.3 Å². The average Bonchev–Trinajstić information content (AvgIpc) is 3.28. The number of hydrogen-bond acceptors (Lipinski definition) is 16. The molecule has 26 nitrogen and oxygen atoms in total. The maximum Gasteiger partial charge on any atom is 0.326 e. The maximum absolute atomic E-state index is 14.0. The van der Waals surface area contributed by atoms with Gasteiger partial charge in [0.05, 0.1) is 25.6 Å². The van der Waals surface area contributed by atoms with Gasteiger partial charge in [-0.15, -0.1) is 0 Å². The molecule has 1 aromatic rings. The number of carbonyl (C=O) groups excluding carboxylic acids is 8. The normalized spacial score (nSPS) is 14.4. The first-order valence-corrected chi connectivity index (χ1v) is 23.7. The number of rotatable bonds is 34. The second-order valence-electron chi connectivity index (χ2n) is 16.6. The number of thioether (sulfide) groups is 1. The van der Waals surface area contributed by atoms with Gasteiger partial charge in [0.25, 0.3) is 0 Å². The van der Waals surface area contributed by atoms with Gasteiger partial charge in [0, 0.05) is 12.8 Å². The molecule has 0 radical (unpaired) electrons. The van der Waals surface area contributed by atoms with Crippen molar-refractivity contribution < 1.29 is 78.3 Å². The predicted octanol–water partition coefficient (Wildman–Crippen LogP) is -3.86. The van der Waals surface area contributed by atoms with Gasteiger partial charge < -0.3 is 79.5 Å². The van der Waals surface area contributed by atoms with Crippen LogP contribution in [0.3, 0.4) is 0 Å². The highest BCUT2D eigenvalue weighted by atomic mass is 32.2. The van der Waals surface area contributed by atoms with Crippen molar-refractivity contribution in [2.45, 2.75) is 127 Å². The second kappa shape index (κ2) is 32.3. The van der Waals surface area contributed by atoms with Crippen molar-refractivity contribution in [3.05, 3.63) is 29.8 Å². The minimum absolute atomic E-state index is 0.0229. The highest BCUT2D eigenvalue weighted by molar-refractivity contribution is 7.98. The van der Waals surface area contributed by atoms with Gasteiger partial charge in [-0.05, 0) is 87.6 Å². The number of phenols is 1. The third-order valence-electron chi connectivity index (χ3n) is 10.2. The topological polar surface area (TPSA) is 437 Å². The Morgan fingerprint density at radius 1 is 0.600 bits per heavy atom. The van der Waals surface area contributed by atoms with E-state index in [0.717, 1.165) is 0 Å². The van der Waals surface area contributed by atoms with Crippen molar-refractivity contribution in [2.24, 2.45) is 17.4 Å². The summed E-state index contributed by atoms with van der Waals surface area (Å²) in [5.41, 5.74) is 11.5. The summed E-state index contributed by atoms with van der Waals surface area (Å²) in [5.74, 6) is -12.3. The molecule has 0 aromatic heterocycles. The lowest BCUT2D eigenvalue weighted by atomic mass is 10.00. The van der Waals surface area contributed by atoms with Crippen LogP contribution in [0.1, 0.15) is 77.7 Å². The Morgan fingerprint density at radius 3 is 1.66 bits per heavy atom. The first-order chi connectivity index (χ1) is 32.9. The van der Waals surface area contributed by atoms with Gasteiger partial charge in [0.1, 0.15) is 48.0 Å². The molecule has 0 aliphatic carbocycles. The number of aliphatic carboxylic acids is 3. The van der Waals surface area contributed by atoms with Crippen LogP contribution < -0.4 is 54.0 Å². The molecule has 0 heterocycles. The largest absolute Gasteiger partial charge is 0.508 e. The van der Waals surface area contributed by atoms with Crippen molar-refractivity contribution in [3.8, 4) is 5.75 Å². The fourth-order valence-electron chi connectivity index (χ4n) is 6.31. The van der Waals surface area contributed by atoms with E-state index in [0.29, 0.717) is 18.4 Å². The molecule has 0 saturated heterocycles. The monoisotopic (exact) mass is 1010 g/mol. The summed E-state index contributed by atoms with van der Waals surface area (Å²) in [5, 5.41) is 66.9. The fraction of sp³-hybridized carbons (Fsp3) is 0.605. The molecule has 1 rings (SSSR count). The SMILES string of the molecule is CSCC[C@H](NC(=O)CNC(=O)CNC(=O)[C@@H](N)[C@@H](C)O)C(=O)N[C@@H](CC(=O)O)C(=O)N[C@@H](CCC(=O)O)C(=O)N[C@@H](CC(C)C)C(=O)N[C@@H](Cc1ccc(O)cc1)C(=O)N[C@@H](CCCCN)C(=O)O. The number of nitrogens with one attached hydrogen (secondary N) is 8. The summed E-state index contributed by atoms with van der Waals surface area (Å²) in [4.78, 5) is 141. The molecule has 392 valence electrons. The molecule has 0 spiro atoms. The first-order valence-electron chi connectivity index (χ1n) is 22.3. The summed E-state index contributed by atoms with van der Waals surface area (Å²) >= 11 is 1.27. The van der Waals surface area contributed by atoms with Crippen molar-refractivity contribution in [1.82, 2.24) is 42.5 Å². The number of phenolic OH excluding ortho intramolecular Hbond substituents is 1. The van der Waals surface area contributed by atoms with Crippen LogP contribution in [0.25, 0.3) is 0 Å². The molecule has 0 aliphatic rings. The lowest BCUT2D eigenvalue weighted by molar-refractivity contribution is -0.143. The van der Waals surface area contributed by atoms with Crippen LogP contribution in [-0.4, -0.2) is 171 Å². The molecule has 70 heavy (non-hydrogen) atoms. The van der Waals surface area contributed by atoms with Crippen LogP contribution in [0.4, 0.5) is 0 Å². The smallest absolute Gasteiger partial charge is 0.326 e. The summed E-state index contributed by atoms with van der Waals surface area (Å²) < 4.78 is 0. The Kier molecular flexibility index (Phi) is 28.3. The van der Waals surface area contributed by atoms with Crippen LogP contribution in [0.5, 0.6) is 5.75 Å². The zero-order chi connectivity index (χ0) is 53.1. The van der Waals surface area contributed by atoms with E-state index in [1.165, 1.54) is 43.0 Å². The van der Waals surface area contributed by atoms with E-state index < -0.39 is 146 Å². The van der Waals surface area contributed by atoms with Crippen molar-refractivity contribution in [3.63, 3.8) is 0 Å². The van der Waals surface area contributed by atoms with Gasteiger partial charge in [-0.3, -0.25) is 47.9 Å². The summed E-state index contributed by atoms with van der Waals surface area (Å²) in [6.45, 7) is 3.63. The van der Waals surface area contributed by atoms with Crippen LogP contribution >= 0.6 is 11.8 Å². The summed E-state index contributed by atoms with van der Waals surface area (Å²) in [7, 11) is 0. The number of hydrogen-bond donors (Lipinski definition) is 15. The molecule has 0 unspecified atom stereocenters. The maximum atomic E-state index is 14.0. The van der Waals surface area contributed by atoms with Gasteiger partial charge in [-0.1, -0.05) is 26.0 Å². The zero-order valence-electron chi connectivity index (χ0n) is 39.5. The molecule has 0 bridgehead atoms. The number of nitrogens with two attached hydrogens (primary N) is 2. The number of aliphatic hydroxyl groups is 1. The van der Waals surface area contributed by atoms with E-state index in [2.05, 4.69) is 42.5 Å². The van der Waals surface area contributed by atoms with Crippen LogP contribution in [-0.2, 0) is 59.2 Å². The molecule has 0 saturated carbocycles. The van der Waals surface area contributed by atoms with Crippen LogP contribution in [0.2, 0.25) is 0 Å². The molecular formula is C43H68N10O16S. The molecule has 27 heteroatoms. The molecule has 1 aromatic carbocycles. The van der Waals surface area contributed by atoms with E-state index in [-0.39, 0.29) is 49.6 Å². The van der Waals surface area contributed by atoms with E-state index in [9.17, 15) is 78.3 Å². The fourth-order valence-corrected chi connectivity index (χ4v) is 6.78. The van der Waals surface area contributed by atoms with E-state index in [4.69, 9.17) is 11.5 Å². The van der Waals surface area contributed by atoms with E-state index in [1.807, 2.05) is 0 Å². The Hall–Kier alpha value is -6.58. The molecule has 0 aliphatic heterocycles. The predicted molar refractivity (Wildman–Crippen MR) is 251 cm³/mol. The molecule has 17 N–H and O–H groups in total. The Balaban J connectivity index is 3.36. The number of aliphatic hydroxyl groups excluding tert-OH is 1. The molecule has 8 amide bonds. The second-order valence-corrected chi connectivity index (χ2v) is 17.6. The third kappa shape index (κ3) is 24.6. The Morgan fingerprint density at radius 2 is 1.11 bits per heavy atom. The van der Waals surface area contributed by atoms with Gasteiger partial charge in [-0.25, -0.2) is 4.79 Å². The number of carboxylic acid groups (broad SMARTS) is 3. The minimum Gasteiger partial charge on any atom is -0.508 e. The molecule has 8 atom stereocenters. The Labute approximate surface area is 408 Å². The van der Waals surface area contributed by atoms with Gasteiger partial charge >= 0.3 is 17.9 Å². The van der Waals surface area contributed by atoms with Crippen molar-refractivity contribution in [2.75, 3.05) is 31.6 Å². The van der Waals surface area contributed by atoms with Gasteiger partial charge in [0.15, 0.2) is 0 Å². The lowest BCUT2D eigenvalue weighted by Crippen LogP contribution is -2.60. The van der Waals surface area contributed by atoms with E-state index >= 15 is 0 Å². The van der Waals surface area contributed by atoms with E-state index in [1.54, 1.807) is 20.1 Å². The van der Waals surface area contributed by atoms with Crippen molar-refractivity contribution >= 4 is 76.9 Å². The lowest BCUT2D eigenvalue weighted by Gasteiger charge is -2.28. The number of unbranched alkanes of at least 4 members (excludes halogenated alkanes) is 1. The Bertz CT molecular complexity index is 1960. The minimum atomic E-state index is -1.92. The quantitative estimate of drug-likeness (QED) is 0.0294. The van der Waals surface area contributed by atoms with Crippen molar-refractivity contribution in [1.29, 1.82) is 0 Å². The first kappa shape index (κ1) is 61.4. The van der Waals surface area contributed by atoms with Gasteiger partial charge in [-0.2, -0.15) is 11.8 Å². The highest BCUT2D eigenvalue weighted by Gasteiger charge is 2.35.